The summed E-state index contributed by atoms with van der Waals surface area (Å²) < 4.78 is 9.44. The Morgan fingerprint density at radius 1 is 1.00 bits per heavy atom. The Morgan fingerprint density at radius 3 is 1.80 bits per heavy atom. The van der Waals surface area contributed by atoms with Gasteiger partial charge in [0.2, 0.25) is 0 Å². The number of carboxylic acid groups (broad SMARTS) is 2. The van der Waals surface area contributed by atoms with Gasteiger partial charge in [0.05, 0.1) is 6.61 Å². The van der Waals surface area contributed by atoms with E-state index in [0.29, 0.717) is 12.8 Å². The van der Waals surface area contributed by atoms with Crippen LogP contribution in [-0.4, -0.2) is 47.9 Å². The predicted molar refractivity (Wildman–Crippen MR) is 71.4 cm³/mol. The average molecular weight is 292 g/mol. The second kappa shape index (κ2) is 13.8. The number of unbranched alkanes of at least 4 members (excludes halogenated alkanes) is 1. The number of esters is 1. The lowest BCUT2D eigenvalue weighted by atomic mass is 10.0. The van der Waals surface area contributed by atoms with Crippen LogP contribution in [0.1, 0.15) is 40.0 Å². The van der Waals surface area contributed by atoms with Gasteiger partial charge in [-0.25, -0.2) is 0 Å². The Morgan fingerprint density at radius 2 is 1.50 bits per heavy atom. The van der Waals surface area contributed by atoms with Crippen LogP contribution in [0.15, 0.2) is 0 Å². The van der Waals surface area contributed by atoms with Gasteiger partial charge in [0.25, 0.3) is 0 Å². The highest BCUT2D eigenvalue weighted by Crippen LogP contribution is 2.09. The molecule has 0 spiro atoms. The molecular formula is C13H24O7. The van der Waals surface area contributed by atoms with Gasteiger partial charge < -0.3 is 19.7 Å². The van der Waals surface area contributed by atoms with E-state index in [1.54, 1.807) is 0 Å². The molecule has 20 heavy (non-hydrogen) atoms. The van der Waals surface area contributed by atoms with E-state index >= 15 is 0 Å². The fourth-order valence-corrected chi connectivity index (χ4v) is 1.22. The van der Waals surface area contributed by atoms with E-state index in [1.165, 1.54) is 6.92 Å². The van der Waals surface area contributed by atoms with Crippen molar-refractivity contribution in [2.45, 2.75) is 40.0 Å². The van der Waals surface area contributed by atoms with Gasteiger partial charge in [-0.2, -0.15) is 0 Å². The lowest BCUT2D eigenvalue weighted by molar-refractivity contribution is -0.155. The maximum absolute atomic E-state index is 10.4. The Bertz CT molecular complexity index is 272. The SMILES string of the molecule is CC(=O)OCCCCC(C(=O)O)C(=O)O.CCOCC. The number of rotatable bonds is 9. The third kappa shape index (κ3) is 14.4. The molecular weight excluding hydrogens is 268 g/mol. The number of carbonyl (C=O) groups excluding carboxylic acids is 1. The molecule has 0 saturated heterocycles. The molecule has 0 radical (unpaired) electrons. The van der Waals surface area contributed by atoms with Crippen molar-refractivity contribution in [1.29, 1.82) is 0 Å². The summed E-state index contributed by atoms with van der Waals surface area (Å²) in [5, 5.41) is 17.0. The van der Waals surface area contributed by atoms with Gasteiger partial charge in [0.15, 0.2) is 5.92 Å². The molecule has 0 aromatic carbocycles. The molecule has 0 amide bonds. The summed E-state index contributed by atoms with van der Waals surface area (Å²) in [4.78, 5) is 31.2. The van der Waals surface area contributed by atoms with Gasteiger partial charge in [-0.15, -0.1) is 0 Å². The zero-order chi connectivity index (χ0) is 16.0. The minimum atomic E-state index is -1.37. The molecule has 0 aliphatic rings. The van der Waals surface area contributed by atoms with Crippen LogP contribution in [0.2, 0.25) is 0 Å². The summed E-state index contributed by atoms with van der Waals surface area (Å²) >= 11 is 0. The van der Waals surface area contributed by atoms with Gasteiger partial charge in [0.1, 0.15) is 0 Å². The van der Waals surface area contributed by atoms with Crippen LogP contribution in [0.4, 0.5) is 0 Å². The smallest absolute Gasteiger partial charge is 0.317 e. The van der Waals surface area contributed by atoms with Crippen LogP contribution < -0.4 is 0 Å². The minimum absolute atomic E-state index is 0.0476. The van der Waals surface area contributed by atoms with Crippen molar-refractivity contribution in [3.63, 3.8) is 0 Å². The third-order valence-electron chi connectivity index (χ3n) is 2.20. The Kier molecular flexibility index (Phi) is 14.3. The fourth-order valence-electron chi connectivity index (χ4n) is 1.22. The number of carbonyl (C=O) groups is 3. The lowest BCUT2D eigenvalue weighted by Gasteiger charge is -2.06. The number of hydrogen-bond donors (Lipinski definition) is 2. The molecule has 2 N–H and O–H groups in total. The molecule has 0 aromatic rings. The number of carboxylic acids is 2. The van der Waals surface area contributed by atoms with E-state index in [1.807, 2.05) is 13.8 Å². The van der Waals surface area contributed by atoms with Gasteiger partial charge in [0, 0.05) is 20.1 Å². The molecule has 0 rings (SSSR count). The molecule has 7 heteroatoms. The van der Waals surface area contributed by atoms with E-state index in [4.69, 9.17) is 14.9 Å². The van der Waals surface area contributed by atoms with E-state index in [2.05, 4.69) is 4.74 Å². The van der Waals surface area contributed by atoms with Crippen LogP contribution in [-0.2, 0) is 23.9 Å². The highest BCUT2D eigenvalue weighted by molar-refractivity contribution is 5.92. The predicted octanol–water partition coefficient (Wildman–Crippen LogP) is 1.55. The van der Waals surface area contributed by atoms with Crippen LogP contribution in [0.5, 0.6) is 0 Å². The van der Waals surface area contributed by atoms with Crippen molar-refractivity contribution in [1.82, 2.24) is 0 Å². The Labute approximate surface area is 118 Å². The highest BCUT2D eigenvalue weighted by atomic mass is 16.5. The number of hydrogen-bond acceptors (Lipinski definition) is 5. The molecule has 0 fully saturated rings. The first-order valence-corrected chi connectivity index (χ1v) is 6.53. The third-order valence-corrected chi connectivity index (χ3v) is 2.20. The van der Waals surface area contributed by atoms with Gasteiger partial charge in [-0.1, -0.05) is 0 Å². The Balaban J connectivity index is 0. The Hall–Kier alpha value is -1.63. The first-order valence-electron chi connectivity index (χ1n) is 6.53. The molecule has 0 unspecified atom stereocenters. The van der Waals surface area contributed by atoms with Gasteiger partial charge in [-0.05, 0) is 33.1 Å². The van der Waals surface area contributed by atoms with Crippen LogP contribution in [0.3, 0.4) is 0 Å². The molecule has 0 aliphatic heterocycles. The summed E-state index contributed by atoms with van der Waals surface area (Å²) in [6, 6.07) is 0. The molecule has 7 nitrogen and oxygen atoms in total. The minimum Gasteiger partial charge on any atom is -0.481 e. The average Bonchev–Trinajstić information content (AvgIpc) is 2.34. The highest BCUT2D eigenvalue weighted by Gasteiger charge is 2.24. The van der Waals surface area contributed by atoms with E-state index in [0.717, 1.165) is 13.2 Å². The first kappa shape index (κ1) is 20.7. The first-order chi connectivity index (χ1) is 9.36. The number of ether oxygens (including phenoxy) is 2. The van der Waals surface area contributed by atoms with Crippen molar-refractivity contribution in [2.24, 2.45) is 5.92 Å². The summed E-state index contributed by atoms with van der Waals surface area (Å²) in [7, 11) is 0. The van der Waals surface area contributed by atoms with Crippen LogP contribution in [0.25, 0.3) is 0 Å². The summed E-state index contributed by atoms with van der Waals surface area (Å²) in [5.74, 6) is -4.45. The van der Waals surface area contributed by atoms with Crippen molar-refractivity contribution >= 4 is 17.9 Å². The van der Waals surface area contributed by atoms with Crippen molar-refractivity contribution in [3.8, 4) is 0 Å². The van der Waals surface area contributed by atoms with Crippen LogP contribution in [0, 0.1) is 5.92 Å². The van der Waals surface area contributed by atoms with E-state index in [9.17, 15) is 14.4 Å². The van der Waals surface area contributed by atoms with Gasteiger partial charge in [-0.3, -0.25) is 14.4 Å². The molecule has 0 aromatic heterocycles. The van der Waals surface area contributed by atoms with Crippen molar-refractivity contribution in [2.75, 3.05) is 19.8 Å². The molecule has 118 valence electrons. The summed E-state index contributed by atoms with van der Waals surface area (Å²) in [6.07, 6.45) is 0.916. The largest absolute Gasteiger partial charge is 0.481 e. The normalized spacial score (nSPS) is 9.60. The standard InChI is InChI=1S/C9H14O6.C4H10O/c1-6(10)15-5-3-2-4-7(8(11)12)9(13)14;1-3-5-4-2/h7H,2-5H2,1H3,(H,11,12)(H,13,14);3-4H2,1-2H3. The summed E-state index contributed by atoms with van der Waals surface area (Å²) in [5.41, 5.74) is 0. The maximum Gasteiger partial charge on any atom is 0.317 e. The topological polar surface area (TPSA) is 110 Å². The molecule has 0 atom stereocenters. The summed E-state index contributed by atoms with van der Waals surface area (Å²) in [6.45, 7) is 7.14. The van der Waals surface area contributed by atoms with E-state index in [-0.39, 0.29) is 13.0 Å². The quantitative estimate of drug-likeness (QED) is 0.377. The van der Waals surface area contributed by atoms with E-state index < -0.39 is 23.8 Å². The van der Waals surface area contributed by atoms with Gasteiger partial charge >= 0.3 is 17.9 Å². The molecule has 0 aliphatic carbocycles. The fraction of sp³-hybridized carbons (Fsp3) is 0.769. The zero-order valence-electron chi connectivity index (χ0n) is 12.3. The second-order valence-electron chi connectivity index (χ2n) is 3.85. The molecule has 0 heterocycles. The van der Waals surface area contributed by atoms with Crippen LogP contribution >= 0.6 is 0 Å². The molecule has 0 saturated carbocycles. The zero-order valence-corrected chi connectivity index (χ0v) is 12.3. The second-order valence-corrected chi connectivity index (χ2v) is 3.85. The lowest BCUT2D eigenvalue weighted by Crippen LogP contribution is -2.23. The number of aliphatic carboxylic acids is 2. The van der Waals surface area contributed by atoms with Crippen molar-refractivity contribution in [3.05, 3.63) is 0 Å². The maximum atomic E-state index is 10.4. The van der Waals surface area contributed by atoms with Crippen molar-refractivity contribution < 1.29 is 34.1 Å². The monoisotopic (exact) mass is 292 g/mol. The molecule has 0 bridgehead atoms.